The van der Waals surface area contributed by atoms with Crippen LogP contribution in [0, 0.1) is 5.92 Å². The van der Waals surface area contributed by atoms with Crippen LogP contribution in [0.25, 0.3) is 17.0 Å². The Balaban J connectivity index is 1.50. The Morgan fingerprint density at radius 3 is 2.22 bits per heavy atom. The number of methoxy groups -OCH3 is 1. The number of aromatic nitrogens is 5. The summed E-state index contributed by atoms with van der Waals surface area (Å²) in [6.07, 6.45) is -2.34. The number of hydrogen-bond acceptors (Lipinski definition) is 9. The molecule has 222 valence electrons. The molecule has 2 aliphatic heterocycles. The minimum Gasteiger partial charge on any atom is -0.494 e. The van der Waals surface area contributed by atoms with Gasteiger partial charge >= 0.3 is 6.09 Å². The highest BCUT2D eigenvalue weighted by molar-refractivity contribution is 5.84. The maximum absolute atomic E-state index is 14.3. The van der Waals surface area contributed by atoms with Crippen molar-refractivity contribution >= 4 is 29.0 Å². The highest BCUT2D eigenvalue weighted by Crippen LogP contribution is 2.33. The van der Waals surface area contributed by atoms with Gasteiger partial charge in [-0.25, -0.2) is 18.6 Å². The van der Waals surface area contributed by atoms with E-state index in [1.54, 1.807) is 18.2 Å². The van der Waals surface area contributed by atoms with Crippen LogP contribution in [-0.2, 0) is 4.74 Å². The van der Waals surface area contributed by atoms with Gasteiger partial charge in [0.25, 0.3) is 6.43 Å². The van der Waals surface area contributed by atoms with Crippen LogP contribution in [0.2, 0.25) is 0 Å². The molecule has 1 N–H and O–H groups in total. The van der Waals surface area contributed by atoms with E-state index in [9.17, 15) is 18.7 Å². The van der Waals surface area contributed by atoms with Crippen molar-refractivity contribution in [1.29, 1.82) is 0 Å². The fourth-order valence-electron chi connectivity index (χ4n) is 5.31. The van der Waals surface area contributed by atoms with Gasteiger partial charge in [0.2, 0.25) is 17.8 Å². The van der Waals surface area contributed by atoms with Gasteiger partial charge in [0.05, 0.1) is 25.8 Å². The van der Waals surface area contributed by atoms with Crippen molar-refractivity contribution in [2.75, 3.05) is 62.8 Å². The second-order valence-corrected chi connectivity index (χ2v) is 11.3. The maximum Gasteiger partial charge on any atom is 0.407 e. The average molecular weight is 575 g/mol. The molecular weight excluding hydrogens is 538 g/mol. The number of imidazole rings is 1. The average Bonchev–Trinajstić information content (AvgIpc) is 3.36. The number of nitrogens with zero attached hydrogens (tertiary/aromatic N) is 8. The number of rotatable bonds is 7. The Hall–Kier alpha value is -3.81. The van der Waals surface area contributed by atoms with E-state index in [0.29, 0.717) is 74.6 Å². The van der Waals surface area contributed by atoms with Crippen molar-refractivity contribution < 1.29 is 28.2 Å². The SMILES string of the molecule is COc1cccc2c1nc(C(F)F)n2-c1nc(N2CCOCC2)nc(N2CCC(CN(C(=O)O)C(C)(C)C)CC2)n1. The molecule has 5 rings (SSSR count). The number of morpholine rings is 1. The van der Waals surface area contributed by atoms with Gasteiger partial charge in [-0.1, -0.05) is 6.07 Å². The van der Waals surface area contributed by atoms with Gasteiger partial charge in [-0.2, -0.15) is 15.0 Å². The van der Waals surface area contributed by atoms with E-state index in [0.717, 1.165) is 12.8 Å². The lowest BCUT2D eigenvalue weighted by atomic mass is 9.94. The molecule has 12 nitrogen and oxygen atoms in total. The molecule has 0 saturated carbocycles. The molecule has 41 heavy (non-hydrogen) atoms. The second-order valence-electron chi connectivity index (χ2n) is 11.3. The van der Waals surface area contributed by atoms with Crippen LogP contribution in [0.3, 0.4) is 0 Å². The molecule has 0 atom stereocenters. The van der Waals surface area contributed by atoms with Crippen molar-refractivity contribution in [3.8, 4) is 11.7 Å². The zero-order valence-electron chi connectivity index (χ0n) is 23.8. The predicted molar refractivity (Wildman–Crippen MR) is 148 cm³/mol. The van der Waals surface area contributed by atoms with Crippen LogP contribution >= 0.6 is 0 Å². The zero-order chi connectivity index (χ0) is 29.3. The van der Waals surface area contributed by atoms with Gasteiger partial charge in [0, 0.05) is 38.3 Å². The first kappa shape index (κ1) is 28.7. The van der Waals surface area contributed by atoms with Gasteiger partial charge in [0.1, 0.15) is 11.3 Å². The fourth-order valence-corrected chi connectivity index (χ4v) is 5.31. The van der Waals surface area contributed by atoms with Crippen LogP contribution in [-0.4, -0.2) is 99.2 Å². The number of ether oxygens (including phenoxy) is 2. The monoisotopic (exact) mass is 574 g/mol. The van der Waals surface area contributed by atoms with E-state index >= 15 is 0 Å². The third-order valence-corrected chi connectivity index (χ3v) is 7.56. The third-order valence-electron chi connectivity index (χ3n) is 7.56. The van der Waals surface area contributed by atoms with Crippen molar-refractivity contribution in [2.45, 2.75) is 45.6 Å². The molecule has 0 unspecified atom stereocenters. The lowest BCUT2D eigenvalue weighted by Crippen LogP contribution is -2.49. The molecule has 3 aromatic rings. The molecule has 2 aromatic heterocycles. The molecule has 0 spiro atoms. The molecule has 0 aliphatic carbocycles. The molecule has 0 bridgehead atoms. The summed E-state index contributed by atoms with van der Waals surface area (Å²) < 4.78 is 40.8. The first-order valence-electron chi connectivity index (χ1n) is 13.7. The third kappa shape index (κ3) is 5.97. The van der Waals surface area contributed by atoms with Gasteiger partial charge in [-0.05, 0) is 51.7 Å². The van der Waals surface area contributed by atoms with Crippen LogP contribution in [0.5, 0.6) is 5.75 Å². The quantitative estimate of drug-likeness (QED) is 0.443. The Bertz CT molecular complexity index is 1380. The summed E-state index contributed by atoms with van der Waals surface area (Å²) in [7, 11) is 1.47. The van der Waals surface area contributed by atoms with Crippen LogP contribution < -0.4 is 14.5 Å². The van der Waals surface area contributed by atoms with Gasteiger partial charge < -0.3 is 29.3 Å². The van der Waals surface area contributed by atoms with Crippen LogP contribution in [0.1, 0.15) is 45.9 Å². The predicted octanol–water partition coefficient (Wildman–Crippen LogP) is 3.99. The fraction of sp³-hybridized carbons (Fsp3) is 0.593. The Kier molecular flexibility index (Phi) is 8.11. The number of para-hydroxylation sites is 1. The summed E-state index contributed by atoms with van der Waals surface area (Å²) in [5.41, 5.74) is 0.194. The van der Waals surface area contributed by atoms with Crippen molar-refractivity contribution in [2.24, 2.45) is 5.92 Å². The summed E-state index contributed by atoms with van der Waals surface area (Å²) in [5.74, 6) is 0.880. The molecule has 4 heterocycles. The number of piperidine rings is 1. The smallest absolute Gasteiger partial charge is 0.407 e. The molecule has 2 saturated heterocycles. The van der Waals surface area contributed by atoms with Crippen molar-refractivity contribution in [3.63, 3.8) is 0 Å². The molecule has 2 fully saturated rings. The lowest BCUT2D eigenvalue weighted by Gasteiger charge is -2.39. The molecule has 1 aromatic carbocycles. The van der Waals surface area contributed by atoms with Gasteiger partial charge in [-0.15, -0.1) is 0 Å². The maximum atomic E-state index is 14.3. The van der Waals surface area contributed by atoms with Crippen LogP contribution in [0.15, 0.2) is 18.2 Å². The number of alkyl halides is 2. The highest BCUT2D eigenvalue weighted by atomic mass is 19.3. The van der Waals surface area contributed by atoms with E-state index in [4.69, 9.17) is 14.5 Å². The van der Waals surface area contributed by atoms with E-state index in [1.165, 1.54) is 16.6 Å². The normalized spacial score (nSPS) is 17.0. The number of fused-ring (bicyclic) bond motifs is 1. The number of hydrogen-bond donors (Lipinski definition) is 1. The summed E-state index contributed by atoms with van der Waals surface area (Å²) in [6.45, 7) is 9.41. The number of carbonyl (C=O) groups is 1. The van der Waals surface area contributed by atoms with E-state index in [2.05, 4.69) is 15.0 Å². The van der Waals surface area contributed by atoms with E-state index in [1.807, 2.05) is 30.6 Å². The Morgan fingerprint density at radius 2 is 1.66 bits per heavy atom. The number of benzene rings is 1. The van der Waals surface area contributed by atoms with Gasteiger partial charge in [0.15, 0.2) is 5.82 Å². The van der Waals surface area contributed by atoms with Crippen LogP contribution in [0.4, 0.5) is 25.5 Å². The number of halogens is 2. The van der Waals surface area contributed by atoms with Crippen molar-refractivity contribution in [3.05, 3.63) is 24.0 Å². The molecule has 14 heteroatoms. The summed E-state index contributed by atoms with van der Waals surface area (Å²) in [4.78, 5) is 35.6. The molecule has 1 amide bonds. The summed E-state index contributed by atoms with van der Waals surface area (Å²) >= 11 is 0. The minimum atomic E-state index is -2.88. The topological polar surface area (TPSA) is 122 Å². The number of amides is 1. The minimum absolute atomic E-state index is 0.0504. The van der Waals surface area contributed by atoms with Gasteiger partial charge in [-0.3, -0.25) is 4.57 Å². The van der Waals surface area contributed by atoms with Crippen molar-refractivity contribution in [1.82, 2.24) is 29.4 Å². The van der Waals surface area contributed by atoms with E-state index < -0.39 is 23.9 Å². The Labute approximate surface area is 236 Å². The molecule has 2 aliphatic rings. The highest BCUT2D eigenvalue weighted by Gasteiger charge is 2.32. The molecular formula is C27H36F2N8O4. The second kappa shape index (κ2) is 11.6. The first-order chi connectivity index (χ1) is 19.6. The first-order valence-corrected chi connectivity index (χ1v) is 13.7. The standard InChI is InChI=1S/C27H36F2N8O4/c1-27(2,3)36(26(38)39)16-17-8-10-34(11-9-17)23-31-24(35-12-14-41-15-13-35)33-25(32-23)37-18-6-5-7-19(40-4)20(18)30-22(37)21(28)29/h5-7,17,21H,8-16H2,1-4H3,(H,38,39). The zero-order valence-corrected chi connectivity index (χ0v) is 23.8. The number of carboxylic acid groups (broad SMARTS) is 1. The number of anilines is 2. The summed E-state index contributed by atoms with van der Waals surface area (Å²) in [6, 6.07) is 5.06. The summed E-state index contributed by atoms with van der Waals surface area (Å²) in [5, 5.41) is 9.72. The van der Waals surface area contributed by atoms with E-state index in [-0.39, 0.29) is 11.9 Å². The molecule has 0 radical (unpaired) electrons. The largest absolute Gasteiger partial charge is 0.494 e. The Morgan fingerprint density at radius 1 is 1.05 bits per heavy atom. The lowest BCUT2D eigenvalue weighted by molar-refractivity contribution is 0.0851.